The molecule has 0 spiro atoms. The van der Waals surface area contributed by atoms with Crippen LogP contribution in [0.4, 0.5) is 5.69 Å². The van der Waals surface area contributed by atoms with Gasteiger partial charge in [0.25, 0.3) is 5.91 Å². The fraction of sp³-hybridized carbons (Fsp3) is 0.385. The van der Waals surface area contributed by atoms with Gasteiger partial charge >= 0.3 is 0 Å². The molecular formula is C13H17Cl2N3O2. The first-order valence-electron chi connectivity index (χ1n) is 6.15. The van der Waals surface area contributed by atoms with Crippen LogP contribution in [-0.2, 0) is 4.79 Å². The molecule has 0 aliphatic heterocycles. The number of amides is 2. The molecule has 0 radical (unpaired) electrons. The minimum absolute atomic E-state index is 0.0358. The van der Waals surface area contributed by atoms with Crippen LogP contribution in [0, 0.1) is 0 Å². The van der Waals surface area contributed by atoms with Crippen molar-refractivity contribution in [3.8, 4) is 0 Å². The first-order chi connectivity index (χ1) is 9.40. The number of hydrogen-bond donors (Lipinski definition) is 2. The molecule has 2 amide bonds. The molecule has 0 aliphatic carbocycles. The third kappa shape index (κ3) is 4.02. The molecule has 5 nitrogen and oxygen atoms in total. The standard InChI is InChI=1S/C13H17Cl2N3O2/c1-3-4-18(7-11(19)17-2)13(20)9-5-8(16)6-10(14)12(9)15/h5-6H,3-4,7,16H2,1-2H3,(H,17,19). The van der Waals surface area contributed by atoms with Gasteiger partial charge in [-0.15, -0.1) is 0 Å². The summed E-state index contributed by atoms with van der Waals surface area (Å²) in [5.74, 6) is -0.618. The van der Waals surface area contributed by atoms with E-state index in [1.807, 2.05) is 6.92 Å². The number of benzene rings is 1. The molecule has 0 heterocycles. The fourth-order valence-electron chi connectivity index (χ4n) is 1.71. The molecule has 20 heavy (non-hydrogen) atoms. The van der Waals surface area contributed by atoms with E-state index in [0.717, 1.165) is 6.42 Å². The average molecular weight is 318 g/mol. The van der Waals surface area contributed by atoms with Gasteiger partial charge in [-0.25, -0.2) is 0 Å². The second kappa shape index (κ2) is 7.36. The molecule has 110 valence electrons. The van der Waals surface area contributed by atoms with Crippen molar-refractivity contribution in [2.75, 3.05) is 25.9 Å². The molecule has 0 aliphatic rings. The van der Waals surface area contributed by atoms with Gasteiger partial charge in [-0.3, -0.25) is 9.59 Å². The predicted molar refractivity (Wildman–Crippen MR) is 81.1 cm³/mol. The molecule has 7 heteroatoms. The second-order valence-corrected chi connectivity index (χ2v) is 5.05. The Kier molecular flexibility index (Phi) is 6.10. The number of carbonyl (C=O) groups excluding carboxylic acids is 2. The maximum atomic E-state index is 12.5. The number of rotatable bonds is 5. The summed E-state index contributed by atoms with van der Waals surface area (Å²) in [7, 11) is 1.52. The first-order valence-corrected chi connectivity index (χ1v) is 6.90. The van der Waals surface area contributed by atoms with Crippen molar-refractivity contribution in [2.45, 2.75) is 13.3 Å². The summed E-state index contributed by atoms with van der Waals surface area (Å²) >= 11 is 12.0. The molecule has 1 rings (SSSR count). The summed E-state index contributed by atoms with van der Waals surface area (Å²) in [4.78, 5) is 25.3. The van der Waals surface area contributed by atoms with Crippen LogP contribution in [0.5, 0.6) is 0 Å². The lowest BCUT2D eigenvalue weighted by molar-refractivity contribution is -0.121. The van der Waals surface area contributed by atoms with Crippen LogP contribution in [0.3, 0.4) is 0 Å². The Morgan fingerprint density at radius 2 is 2.00 bits per heavy atom. The van der Waals surface area contributed by atoms with E-state index in [4.69, 9.17) is 28.9 Å². The van der Waals surface area contributed by atoms with Gasteiger partial charge in [-0.1, -0.05) is 30.1 Å². The lowest BCUT2D eigenvalue weighted by Crippen LogP contribution is -2.40. The number of carbonyl (C=O) groups is 2. The maximum absolute atomic E-state index is 12.5. The van der Waals surface area contributed by atoms with Crippen molar-refractivity contribution in [2.24, 2.45) is 0 Å². The van der Waals surface area contributed by atoms with Crippen molar-refractivity contribution < 1.29 is 9.59 Å². The number of nitrogens with two attached hydrogens (primary N) is 1. The molecule has 3 N–H and O–H groups in total. The third-order valence-corrected chi connectivity index (χ3v) is 3.48. The number of halogens is 2. The van der Waals surface area contributed by atoms with E-state index in [0.29, 0.717) is 12.2 Å². The molecule has 0 aromatic heterocycles. The summed E-state index contributed by atoms with van der Waals surface area (Å²) in [5.41, 5.74) is 6.22. The largest absolute Gasteiger partial charge is 0.399 e. The van der Waals surface area contributed by atoms with Crippen LogP contribution in [0.25, 0.3) is 0 Å². The summed E-state index contributed by atoms with van der Waals surface area (Å²) in [6.45, 7) is 2.32. The van der Waals surface area contributed by atoms with Crippen LogP contribution in [0.15, 0.2) is 12.1 Å². The Bertz CT molecular complexity index is 521. The zero-order valence-corrected chi connectivity index (χ0v) is 12.9. The van der Waals surface area contributed by atoms with Crippen molar-refractivity contribution in [1.29, 1.82) is 0 Å². The molecule has 1 aromatic carbocycles. The fourth-order valence-corrected chi connectivity index (χ4v) is 2.13. The van der Waals surface area contributed by atoms with Gasteiger partial charge in [0.15, 0.2) is 0 Å². The van der Waals surface area contributed by atoms with Gasteiger partial charge in [0, 0.05) is 19.3 Å². The number of nitrogens with one attached hydrogen (secondary N) is 1. The van der Waals surface area contributed by atoms with Gasteiger partial charge in [-0.05, 0) is 18.6 Å². The van der Waals surface area contributed by atoms with Crippen molar-refractivity contribution >= 4 is 40.7 Å². The number of likely N-dealkylation sites (N-methyl/N-ethyl adjacent to an activating group) is 1. The highest BCUT2D eigenvalue weighted by molar-refractivity contribution is 6.44. The second-order valence-electron chi connectivity index (χ2n) is 4.26. The molecule has 0 saturated heterocycles. The van der Waals surface area contributed by atoms with Crippen LogP contribution >= 0.6 is 23.2 Å². The molecule has 0 bridgehead atoms. The minimum atomic E-state index is -0.366. The maximum Gasteiger partial charge on any atom is 0.255 e. The monoisotopic (exact) mass is 317 g/mol. The highest BCUT2D eigenvalue weighted by atomic mass is 35.5. The molecule has 0 atom stereocenters. The zero-order valence-electron chi connectivity index (χ0n) is 11.4. The van der Waals surface area contributed by atoms with Crippen molar-refractivity contribution in [3.63, 3.8) is 0 Å². The quantitative estimate of drug-likeness (QED) is 0.817. The number of nitrogens with zero attached hydrogens (tertiary/aromatic N) is 1. The predicted octanol–water partition coefficient (Wildman–Crippen LogP) is 2.17. The van der Waals surface area contributed by atoms with Crippen molar-refractivity contribution in [3.05, 3.63) is 27.7 Å². The zero-order chi connectivity index (χ0) is 15.3. The Hall–Kier alpha value is -1.46. The lowest BCUT2D eigenvalue weighted by atomic mass is 10.1. The van der Waals surface area contributed by atoms with Gasteiger partial charge in [0.2, 0.25) is 5.91 Å². The number of nitrogen functional groups attached to an aromatic ring is 1. The molecule has 0 fully saturated rings. The first kappa shape index (κ1) is 16.6. The topological polar surface area (TPSA) is 75.4 Å². The highest BCUT2D eigenvalue weighted by Crippen LogP contribution is 2.29. The van der Waals surface area contributed by atoms with E-state index in [2.05, 4.69) is 5.32 Å². The van der Waals surface area contributed by atoms with Gasteiger partial charge in [0.1, 0.15) is 0 Å². The van der Waals surface area contributed by atoms with Crippen LogP contribution in [0.1, 0.15) is 23.7 Å². The van der Waals surface area contributed by atoms with Gasteiger partial charge in [-0.2, -0.15) is 0 Å². The molecular weight excluding hydrogens is 301 g/mol. The SMILES string of the molecule is CCCN(CC(=O)NC)C(=O)c1cc(N)cc(Cl)c1Cl. The number of hydrogen-bond acceptors (Lipinski definition) is 3. The summed E-state index contributed by atoms with van der Waals surface area (Å²) in [6.07, 6.45) is 0.719. The van der Waals surface area contributed by atoms with E-state index >= 15 is 0 Å². The molecule has 1 aromatic rings. The smallest absolute Gasteiger partial charge is 0.255 e. The van der Waals surface area contributed by atoms with Crippen molar-refractivity contribution in [1.82, 2.24) is 10.2 Å². The van der Waals surface area contributed by atoms with Gasteiger partial charge in [0.05, 0.1) is 22.2 Å². The summed E-state index contributed by atoms with van der Waals surface area (Å²) in [6, 6.07) is 2.94. The molecule has 0 unspecified atom stereocenters. The number of anilines is 1. The highest BCUT2D eigenvalue weighted by Gasteiger charge is 2.21. The molecule has 0 saturated carbocycles. The Balaban J connectivity index is 3.09. The minimum Gasteiger partial charge on any atom is -0.399 e. The van der Waals surface area contributed by atoms with E-state index in [1.165, 1.54) is 24.1 Å². The van der Waals surface area contributed by atoms with Crippen LogP contribution < -0.4 is 11.1 Å². The van der Waals surface area contributed by atoms with Gasteiger partial charge < -0.3 is 16.0 Å². The summed E-state index contributed by atoms with van der Waals surface area (Å²) in [5, 5.41) is 2.84. The van der Waals surface area contributed by atoms with E-state index in [9.17, 15) is 9.59 Å². The van der Waals surface area contributed by atoms with E-state index < -0.39 is 0 Å². The Labute approximate surface area is 128 Å². The van der Waals surface area contributed by atoms with E-state index in [1.54, 1.807) is 0 Å². The van der Waals surface area contributed by atoms with E-state index in [-0.39, 0.29) is 34.0 Å². The summed E-state index contributed by atoms with van der Waals surface area (Å²) < 4.78 is 0. The lowest BCUT2D eigenvalue weighted by Gasteiger charge is -2.22. The van der Waals surface area contributed by atoms with Crippen LogP contribution in [0.2, 0.25) is 10.0 Å². The Morgan fingerprint density at radius 3 is 2.55 bits per heavy atom. The Morgan fingerprint density at radius 1 is 1.35 bits per heavy atom. The third-order valence-electron chi connectivity index (χ3n) is 2.67. The normalized spacial score (nSPS) is 10.2. The van der Waals surface area contributed by atoms with Crippen LogP contribution in [-0.4, -0.2) is 36.9 Å². The average Bonchev–Trinajstić information content (AvgIpc) is 2.41.